The van der Waals surface area contributed by atoms with E-state index in [0.29, 0.717) is 5.92 Å². The average Bonchev–Trinajstić information content (AvgIpc) is 2.28. The molecule has 0 aromatic heterocycles. The lowest BCUT2D eigenvalue weighted by Gasteiger charge is -2.30. The van der Waals surface area contributed by atoms with Gasteiger partial charge in [0.1, 0.15) is 6.04 Å². The normalized spacial score (nSPS) is 25.6. The van der Waals surface area contributed by atoms with E-state index in [1.165, 1.54) is 6.42 Å². The molecule has 1 fully saturated rings. The first-order chi connectivity index (χ1) is 8.41. The molecule has 0 unspecified atom stereocenters. The van der Waals surface area contributed by atoms with Gasteiger partial charge in [-0.2, -0.15) is 0 Å². The van der Waals surface area contributed by atoms with Crippen LogP contribution in [0.3, 0.4) is 0 Å². The highest BCUT2D eigenvalue weighted by Gasteiger charge is 2.26. The van der Waals surface area contributed by atoms with E-state index >= 15 is 0 Å². The van der Waals surface area contributed by atoms with E-state index in [2.05, 4.69) is 17.6 Å². The van der Waals surface area contributed by atoms with Crippen molar-refractivity contribution < 1.29 is 14.7 Å². The van der Waals surface area contributed by atoms with Gasteiger partial charge in [-0.05, 0) is 24.7 Å². The Balaban J connectivity index is 2.47. The number of carboxylic acids is 1. The summed E-state index contributed by atoms with van der Waals surface area (Å²) in [5, 5.41) is 14.4. The first-order valence-corrected chi connectivity index (χ1v) is 6.71. The molecule has 0 aliphatic heterocycles. The number of carboxylic acid groups (broad SMARTS) is 1. The summed E-state index contributed by atoms with van der Waals surface area (Å²) in [6.07, 6.45) is 4.44. The third-order valence-corrected chi connectivity index (χ3v) is 3.65. The van der Waals surface area contributed by atoms with Crippen molar-refractivity contribution in [3.63, 3.8) is 0 Å². The van der Waals surface area contributed by atoms with Gasteiger partial charge in [0.15, 0.2) is 0 Å². The second-order valence-electron chi connectivity index (χ2n) is 5.55. The maximum atomic E-state index is 11.8. The Morgan fingerprint density at radius 2 is 1.83 bits per heavy atom. The number of carbonyl (C=O) groups excluding carboxylic acids is 1. The predicted molar refractivity (Wildman–Crippen MR) is 69.3 cm³/mol. The molecular formula is C13H24N2O3. The summed E-state index contributed by atoms with van der Waals surface area (Å²) in [5.41, 5.74) is 0. The number of urea groups is 1. The largest absolute Gasteiger partial charge is 0.480 e. The van der Waals surface area contributed by atoms with Crippen LogP contribution in [0.2, 0.25) is 0 Å². The Morgan fingerprint density at radius 1 is 1.22 bits per heavy atom. The molecule has 1 aliphatic rings. The zero-order valence-corrected chi connectivity index (χ0v) is 11.4. The number of rotatable bonds is 4. The van der Waals surface area contributed by atoms with Crippen molar-refractivity contribution in [2.24, 2.45) is 11.8 Å². The van der Waals surface area contributed by atoms with Crippen LogP contribution in [0.25, 0.3) is 0 Å². The van der Waals surface area contributed by atoms with Gasteiger partial charge in [0, 0.05) is 6.04 Å². The number of aliphatic carboxylic acids is 1. The van der Waals surface area contributed by atoms with Crippen LogP contribution in [-0.2, 0) is 4.79 Å². The highest BCUT2D eigenvalue weighted by molar-refractivity contribution is 5.82. The molecule has 1 aliphatic carbocycles. The van der Waals surface area contributed by atoms with Crippen LogP contribution in [0.5, 0.6) is 0 Å². The molecule has 5 nitrogen and oxygen atoms in total. The summed E-state index contributed by atoms with van der Waals surface area (Å²) in [4.78, 5) is 22.8. The first kappa shape index (κ1) is 14.8. The van der Waals surface area contributed by atoms with Gasteiger partial charge in [-0.1, -0.05) is 33.6 Å². The van der Waals surface area contributed by atoms with Crippen LogP contribution in [0.15, 0.2) is 0 Å². The predicted octanol–water partition coefficient (Wildman–Crippen LogP) is 1.97. The lowest BCUT2D eigenvalue weighted by molar-refractivity contribution is -0.140. The minimum absolute atomic E-state index is 0.128. The van der Waals surface area contributed by atoms with Crippen LogP contribution in [0.4, 0.5) is 4.79 Å². The minimum Gasteiger partial charge on any atom is -0.480 e. The third-order valence-electron chi connectivity index (χ3n) is 3.65. The van der Waals surface area contributed by atoms with Crippen molar-refractivity contribution in [2.75, 3.05) is 0 Å². The Hall–Kier alpha value is -1.26. The van der Waals surface area contributed by atoms with Crippen LogP contribution in [0.1, 0.15) is 46.5 Å². The molecule has 1 saturated carbocycles. The minimum atomic E-state index is -0.989. The Labute approximate surface area is 108 Å². The van der Waals surface area contributed by atoms with Gasteiger partial charge >= 0.3 is 12.0 Å². The van der Waals surface area contributed by atoms with Gasteiger partial charge in [-0.15, -0.1) is 0 Å². The second-order valence-corrected chi connectivity index (χ2v) is 5.55. The van der Waals surface area contributed by atoms with Gasteiger partial charge in [-0.3, -0.25) is 0 Å². The van der Waals surface area contributed by atoms with Crippen molar-refractivity contribution in [2.45, 2.75) is 58.5 Å². The van der Waals surface area contributed by atoms with Crippen molar-refractivity contribution in [1.29, 1.82) is 0 Å². The molecular weight excluding hydrogens is 232 g/mol. The van der Waals surface area contributed by atoms with E-state index in [1.54, 1.807) is 13.8 Å². The fourth-order valence-corrected chi connectivity index (χ4v) is 2.40. The summed E-state index contributed by atoms with van der Waals surface area (Å²) in [5.74, 6) is -0.652. The molecule has 3 atom stereocenters. The van der Waals surface area contributed by atoms with E-state index in [1.807, 2.05) is 0 Å². The summed E-state index contributed by atoms with van der Waals surface area (Å²) in [6.45, 7) is 5.69. The number of nitrogens with one attached hydrogen (secondary N) is 2. The highest BCUT2D eigenvalue weighted by atomic mass is 16.4. The van der Waals surface area contributed by atoms with E-state index in [0.717, 1.165) is 19.3 Å². The van der Waals surface area contributed by atoms with E-state index < -0.39 is 12.0 Å². The zero-order valence-electron chi connectivity index (χ0n) is 11.4. The van der Waals surface area contributed by atoms with Crippen LogP contribution < -0.4 is 10.6 Å². The SMILES string of the molecule is CC(C)[C@H](NC(=O)N[C@@H]1CCCC[C@@H]1C)C(=O)O. The number of hydrogen-bond acceptors (Lipinski definition) is 2. The zero-order chi connectivity index (χ0) is 13.7. The fraction of sp³-hybridized carbons (Fsp3) is 0.846. The molecule has 0 bridgehead atoms. The molecule has 2 amide bonds. The van der Waals surface area contributed by atoms with E-state index in [4.69, 9.17) is 5.11 Å². The molecule has 0 aromatic carbocycles. The quantitative estimate of drug-likeness (QED) is 0.719. The summed E-state index contributed by atoms with van der Waals surface area (Å²) in [7, 11) is 0. The maximum absolute atomic E-state index is 11.8. The van der Waals surface area contributed by atoms with Crippen LogP contribution >= 0.6 is 0 Å². The number of hydrogen-bond donors (Lipinski definition) is 3. The van der Waals surface area contributed by atoms with Crippen molar-refractivity contribution in [3.8, 4) is 0 Å². The number of carbonyl (C=O) groups is 2. The summed E-state index contributed by atoms with van der Waals surface area (Å²) >= 11 is 0. The maximum Gasteiger partial charge on any atom is 0.326 e. The van der Waals surface area contributed by atoms with Crippen molar-refractivity contribution in [3.05, 3.63) is 0 Å². The topological polar surface area (TPSA) is 78.4 Å². The lowest BCUT2D eigenvalue weighted by Crippen LogP contribution is -2.52. The van der Waals surface area contributed by atoms with Gasteiger partial charge in [0.2, 0.25) is 0 Å². The van der Waals surface area contributed by atoms with E-state index in [-0.39, 0.29) is 18.0 Å². The van der Waals surface area contributed by atoms with Gasteiger partial charge in [0.05, 0.1) is 0 Å². The van der Waals surface area contributed by atoms with E-state index in [9.17, 15) is 9.59 Å². The van der Waals surface area contributed by atoms with Gasteiger partial charge < -0.3 is 15.7 Å². The molecule has 0 radical (unpaired) electrons. The second kappa shape index (κ2) is 6.61. The molecule has 5 heteroatoms. The summed E-state index contributed by atoms with van der Waals surface area (Å²) < 4.78 is 0. The number of amides is 2. The van der Waals surface area contributed by atoms with Gasteiger partial charge in [0.25, 0.3) is 0 Å². The standard InChI is InChI=1S/C13H24N2O3/c1-8(2)11(12(16)17)15-13(18)14-10-7-5-4-6-9(10)3/h8-11H,4-7H2,1-3H3,(H,16,17)(H2,14,15,18)/t9-,10+,11-/m0/s1. The third kappa shape index (κ3) is 4.20. The molecule has 104 valence electrons. The molecule has 1 rings (SSSR count). The molecule has 0 spiro atoms. The lowest BCUT2D eigenvalue weighted by atomic mass is 9.86. The summed E-state index contributed by atoms with van der Waals surface area (Å²) in [6, 6.07) is -1.03. The fourth-order valence-electron chi connectivity index (χ4n) is 2.40. The van der Waals surface area contributed by atoms with Crippen LogP contribution in [0, 0.1) is 11.8 Å². The molecule has 0 heterocycles. The van der Waals surface area contributed by atoms with Crippen molar-refractivity contribution >= 4 is 12.0 Å². The molecule has 18 heavy (non-hydrogen) atoms. The molecule has 0 aromatic rings. The smallest absolute Gasteiger partial charge is 0.326 e. The van der Waals surface area contributed by atoms with Crippen molar-refractivity contribution in [1.82, 2.24) is 10.6 Å². The van der Waals surface area contributed by atoms with Gasteiger partial charge in [-0.25, -0.2) is 9.59 Å². The monoisotopic (exact) mass is 256 g/mol. The average molecular weight is 256 g/mol. The molecule has 3 N–H and O–H groups in total. The molecule has 0 saturated heterocycles. The Kier molecular flexibility index (Phi) is 5.44. The highest BCUT2D eigenvalue weighted by Crippen LogP contribution is 2.23. The van der Waals surface area contributed by atoms with Crippen LogP contribution in [-0.4, -0.2) is 29.2 Å². The Bertz CT molecular complexity index is 305. The first-order valence-electron chi connectivity index (χ1n) is 6.71. The Morgan fingerprint density at radius 3 is 2.33 bits per heavy atom.